The smallest absolute Gasteiger partial charge is 0.197 e. The molecule has 1 aromatic rings. The molecule has 0 saturated carbocycles. The first-order valence-corrected chi connectivity index (χ1v) is 4.95. The van der Waals surface area contributed by atoms with Crippen molar-refractivity contribution in [2.45, 2.75) is 6.54 Å². The minimum Gasteiger partial charge on any atom is -0.369 e. The average Bonchev–Trinajstić information content (AvgIpc) is 2.56. The monoisotopic (exact) mass is 195 g/mol. The minimum atomic E-state index is 0.508. The molecule has 5 heteroatoms. The fraction of sp³-hybridized carbons (Fsp3) is 0.667. The van der Waals surface area contributed by atoms with Gasteiger partial charge in [-0.1, -0.05) is 0 Å². The topological polar surface area (TPSA) is 61.2 Å². The number of hydrogen-bond acceptors (Lipinski definition) is 4. The molecule has 0 atom stereocenters. The Morgan fingerprint density at radius 1 is 1.43 bits per heavy atom. The third kappa shape index (κ3) is 2.24. The van der Waals surface area contributed by atoms with Gasteiger partial charge in [0.25, 0.3) is 0 Å². The number of likely N-dealkylation sites (N-methyl/N-ethyl adjacent to an activating group) is 1. The number of nitrogens with two attached hydrogens (primary N) is 1. The lowest BCUT2D eigenvalue weighted by Crippen LogP contribution is -2.43. The van der Waals surface area contributed by atoms with Gasteiger partial charge in [-0.3, -0.25) is 4.90 Å². The standard InChI is InChI=1S/C9H17N5/c1-13-2-4-14(5-3-13)7-8-6-11-9(10)12-8/h6H,2-5,7H2,1H3,(H3,10,11,12). The zero-order chi connectivity index (χ0) is 9.97. The van der Waals surface area contributed by atoms with Crippen molar-refractivity contribution >= 4 is 5.95 Å². The fourth-order valence-electron chi connectivity index (χ4n) is 1.69. The molecule has 2 heterocycles. The van der Waals surface area contributed by atoms with Crippen LogP contribution in [0.3, 0.4) is 0 Å². The zero-order valence-electron chi connectivity index (χ0n) is 8.53. The van der Waals surface area contributed by atoms with E-state index in [1.54, 1.807) is 0 Å². The van der Waals surface area contributed by atoms with Gasteiger partial charge in [-0.2, -0.15) is 0 Å². The summed E-state index contributed by atoms with van der Waals surface area (Å²) >= 11 is 0. The summed E-state index contributed by atoms with van der Waals surface area (Å²) in [5.41, 5.74) is 6.55. The van der Waals surface area contributed by atoms with Crippen LogP contribution in [0.15, 0.2) is 6.20 Å². The predicted octanol–water partition coefficient (Wildman–Crippen LogP) is -0.261. The van der Waals surface area contributed by atoms with E-state index < -0.39 is 0 Å². The summed E-state index contributed by atoms with van der Waals surface area (Å²) in [6.45, 7) is 5.41. The first-order chi connectivity index (χ1) is 6.74. The summed E-state index contributed by atoms with van der Waals surface area (Å²) < 4.78 is 0. The fourth-order valence-corrected chi connectivity index (χ4v) is 1.69. The Balaban J connectivity index is 1.86. The van der Waals surface area contributed by atoms with Crippen molar-refractivity contribution < 1.29 is 0 Å². The van der Waals surface area contributed by atoms with Crippen molar-refractivity contribution in [3.63, 3.8) is 0 Å². The van der Waals surface area contributed by atoms with E-state index >= 15 is 0 Å². The molecule has 1 aromatic heterocycles. The number of H-pyrrole nitrogens is 1. The van der Waals surface area contributed by atoms with Crippen LogP contribution in [-0.4, -0.2) is 53.0 Å². The molecule has 14 heavy (non-hydrogen) atoms. The van der Waals surface area contributed by atoms with Gasteiger partial charge in [-0.05, 0) is 7.05 Å². The highest BCUT2D eigenvalue weighted by atomic mass is 15.2. The second-order valence-electron chi connectivity index (χ2n) is 3.86. The Morgan fingerprint density at radius 3 is 2.71 bits per heavy atom. The molecule has 1 fully saturated rings. The molecule has 78 valence electrons. The lowest BCUT2D eigenvalue weighted by molar-refractivity contribution is 0.147. The summed E-state index contributed by atoms with van der Waals surface area (Å²) in [5, 5.41) is 0. The van der Waals surface area contributed by atoms with Crippen molar-refractivity contribution in [3.8, 4) is 0 Å². The van der Waals surface area contributed by atoms with E-state index in [2.05, 4.69) is 26.8 Å². The summed E-state index contributed by atoms with van der Waals surface area (Å²) in [6, 6.07) is 0. The molecule has 5 nitrogen and oxygen atoms in total. The van der Waals surface area contributed by atoms with Crippen LogP contribution in [0.2, 0.25) is 0 Å². The summed E-state index contributed by atoms with van der Waals surface area (Å²) in [4.78, 5) is 11.8. The number of imidazole rings is 1. The molecule has 0 unspecified atom stereocenters. The van der Waals surface area contributed by atoms with Crippen LogP contribution >= 0.6 is 0 Å². The van der Waals surface area contributed by atoms with Gasteiger partial charge in [-0.25, -0.2) is 4.98 Å². The number of nitrogen functional groups attached to an aromatic ring is 1. The number of piperazine rings is 1. The third-order valence-corrected chi connectivity index (χ3v) is 2.63. The Labute approximate surface area is 83.9 Å². The first kappa shape index (κ1) is 9.48. The van der Waals surface area contributed by atoms with E-state index in [1.807, 2.05) is 6.20 Å². The van der Waals surface area contributed by atoms with Gasteiger partial charge >= 0.3 is 0 Å². The van der Waals surface area contributed by atoms with Crippen molar-refractivity contribution in [1.82, 2.24) is 19.8 Å². The number of aromatic nitrogens is 2. The second kappa shape index (κ2) is 3.98. The van der Waals surface area contributed by atoms with Gasteiger partial charge in [0.2, 0.25) is 0 Å². The number of rotatable bonds is 2. The maximum atomic E-state index is 5.51. The van der Waals surface area contributed by atoms with Crippen LogP contribution < -0.4 is 5.73 Å². The van der Waals surface area contributed by atoms with E-state index in [1.165, 1.54) is 0 Å². The SMILES string of the molecule is CN1CCN(Cc2c[nH]c(N)n2)CC1. The molecule has 0 aliphatic carbocycles. The predicted molar refractivity (Wildman–Crippen MR) is 55.8 cm³/mol. The molecular weight excluding hydrogens is 178 g/mol. The molecule has 0 bridgehead atoms. The molecule has 1 saturated heterocycles. The summed E-state index contributed by atoms with van der Waals surface area (Å²) in [6.07, 6.45) is 1.88. The van der Waals surface area contributed by atoms with E-state index in [0.29, 0.717) is 5.95 Å². The van der Waals surface area contributed by atoms with E-state index in [9.17, 15) is 0 Å². The minimum absolute atomic E-state index is 0.508. The van der Waals surface area contributed by atoms with Crippen LogP contribution in [-0.2, 0) is 6.54 Å². The van der Waals surface area contributed by atoms with Crippen LogP contribution in [0.1, 0.15) is 5.69 Å². The Hall–Kier alpha value is -1.07. The van der Waals surface area contributed by atoms with Gasteiger partial charge < -0.3 is 15.6 Å². The first-order valence-electron chi connectivity index (χ1n) is 4.95. The highest BCUT2D eigenvalue weighted by molar-refractivity contribution is 5.18. The number of hydrogen-bond donors (Lipinski definition) is 2. The third-order valence-electron chi connectivity index (χ3n) is 2.63. The van der Waals surface area contributed by atoms with Crippen molar-refractivity contribution in [2.75, 3.05) is 39.0 Å². The second-order valence-corrected chi connectivity index (χ2v) is 3.86. The van der Waals surface area contributed by atoms with Gasteiger partial charge in [0, 0.05) is 38.9 Å². The maximum absolute atomic E-state index is 5.51. The van der Waals surface area contributed by atoms with Crippen LogP contribution in [0.5, 0.6) is 0 Å². The summed E-state index contributed by atoms with van der Waals surface area (Å²) in [5.74, 6) is 0.508. The molecule has 0 amide bonds. The van der Waals surface area contributed by atoms with Crippen molar-refractivity contribution in [2.24, 2.45) is 0 Å². The Bertz CT molecular complexity index is 287. The number of nitrogens with one attached hydrogen (secondary N) is 1. The molecule has 1 aliphatic rings. The number of nitrogens with zero attached hydrogens (tertiary/aromatic N) is 3. The Kier molecular flexibility index (Phi) is 2.69. The number of aromatic amines is 1. The van der Waals surface area contributed by atoms with Crippen LogP contribution in [0.25, 0.3) is 0 Å². The normalized spacial score (nSPS) is 20.1. The largest absolute Gasteiger partial charge is 0.369 e. The van der Waals surface area contributed by atoms with Gasteiger partial charge in [0.1, 0.15) is 0 Å². The van der Waals surface area contributed by atoms with Crippen LogP contribution in [0.4, 0.5) is 5.95 Å². The molecule has 0 aromatic carbocycles. The van der Waals surface area contributed by atoms with Gasteiger partial charge in [-0.15, -0.1) is 0 Å². The van der Waals surface area contributed by atoms with Gasteiger partial charge in [0.05, 0.1) is 5.69 Å². The van der Waals surface area contributed by atoms with Crippen LogP contribution in [0, 0.1) is 0 Å². The Morgan fingerprint density at radius 2 is 2.14 bits per heavy atom. The van der Waals surface area contributed by atoms with E-state index in [0.717, 1.165) is 38.4 Å². The highest BCUT2D eigenvalue weighted by Gasteiger charge is 2.14. The number of anilines is 1. The van der Waals surface area contributed by atoms with Crippen molar-refractivity contribution in [1.29, 1.82) is 0 Å². The van der Waals surface area contributed by atoms with E-state index in [4.69, 9.17) is 5.73 Å². The zero-order valence-corrected chi connectivity index (χ0v) is 8.53. The molecule has 3 N–H and O–H groups in total. The molecule has 0 radical (unpaired) electrons. The summed E-state index contributed by atoms with van der Waals surface area (Å²) in [7, 11) is 2.16. The van der Waals surface area contributed by atoms with Crippen molar-refractivity contribution in [3.05, 3.63) is 11.9 Å². The molecule has 1 aliphatic heterocycles. The molecular formula is C9H17N5. The van der Waals surface area contributed by atoms with E-state index in [-0.39, 0.29) is 0 Å². The lowest BCUT2D eigenvalue weighted by Gasteiger charge is -2.31. The molecule has 2 rings (SSSR count). The molecule has 0 spiro atoms. The quantitative estimate of drug-likeness (QED) is 0.682. The van der Waals surface area contributed by atoms with Gasteiger partial charge in [0.15, 0.2) is 5.95 Å². The maximum Gasteiger partial charge on any atom is 0.197 e. The highest BCUT2D eigenvalue weighted by Crippen LogP contribution is 2.06. The average molecular weight is 195 g/mol. The lowest BCUT2D eigenvalue weighted by atomic mass is 10.3.